The highest BCUT2D eigenvalue weighted by atomic mass is 32.1. The van der Waals surface area contributed by atoms with Crippen LogP contribution in [0.3, 0.4) is 0 Å². The molecule has 0 atom stereocenters. The molecule has 7 heteroatoms. The maximum absolute atomic E-state index is 12.2. The molecule has 0 aliphatic heterocycles. The van der Waals surface area contributed by atoms with Crippen molar-refractivity contribution < 1.29 is 19.4 Å². The molecule has 1 aliphatic rings. The van der Waals surface area contributed by atoms with Crippen molar-refractivity contribution in [1.82, 2.24) is 4.98 Å². The molecule has 1 aliphatic carbocycles. The van der Waals surface area contributed by atoms with Crippen LogP contribution < -0.4 is 5.32 Å². The predicted octanol–water partition coefficient (Wildman–Crippen LogP) is 4.41. The summed E-state index contributed by atoms with van der Waals surface area (Å²) in [6.07, 6.45) is 3.49. The lowest BCUT2D eigenvalue weighted by Gasteiger charge is -2.33. The van der Waals surface area contributed by atoms with Crippen LogP contribution in [0.1, 0.15) is 34.1 Å². The molecule has 1 aromatic heterocycles. The van der Waals surface area contributed by atoms with E-state index in [9.17, 15) is 9.59 Å². The Kier molecular flexibility index (Phi) is 5.69. The largest absolute Gasteiger partial charge is 0.480 e. The Bertz CT molecular complexity index is 995. The smallest absolute Gasteiger partial charge is 0.329 e. The van der Waals surface area contributed by atoms with Gasteiger partial charge in [-0.3, -0.25) is 4.79 Å². The molecule has 2 N–H and O–H groups in total. The fourth-order valence-corrected chi connectivity index (χ4v) is 4.26. The van der Waals surface area contributed by atoms with Crippen LogP contribution in [0.25, 0.3) is 10.4 Å². The van der Waals surface area contributed by atoms with Crippen molar-refractivity contribution >= 4 is 28.9 Å². The van der Waals surface area contributed by atoms with Crippen molar-refractivity contribution in [3.63, 3.8) is 0 Å². The molecular weight excluding hydrogens is 388 g/mol. The fraction of sp³-hybridized carbons (Fsp3) is 0.227. The zero-order chi connectivity index (χ0) is 20.2. The number of nitrogens with one attached hydrogen (secondary N) is 1. The molecule has 29 heavy (non-hydrogen) atoms. The predicted molar refractivity (Wildman–Crippen MR) is 111 cm³/mol. The van der Waals surface area contributed by atoms with E-state index >= 15 is 0 Å². The highest BCUT2D eigenvalue weighted by molar-refractivity contribution is 7.15. The average molecular weight is 408 g/mol. The maximum atomic E-state index is 12.2. The van der Waals surface area contributed by atoms with E-state index in [1.54, 1.807) is 23.5 Å². The summed E-state index contributed by atoms with van der Waals surface area (Å²) in [5.41, 5.74) is 2.41. The number of hydrogen-bond donors (Lipinski definition) is 2. The van der Waals surface area contributed by atoms with Crippen molar-refractivity contribution in [2.24, 2.45) is 0 Å². The van der Waals surface area contributed by atoms with Crippen molar-refractivity contribution in [1.29, 1.82) is 0 Å². The number of hydrogen-bond acceptors (Lipinski definition) is 5. The molecule has 1 saturated carbocycles. The van der Waals surface area contributed by atoms with Gasteiger partial charge in [-0.1, -0.05) is 30.3 Å². The van der Waals surface area contributed by atoms with Gasteiger partial charge < -0.3 is 15.2 Å². The SMILES string of the molecule is O=C(O)COC1CC(c2ncc(-c3ccc(NC(=O)c4ccccc4)cc3)s2)C1. The van der Waals surface area contributed by atoms with Crippen molar-refractivity contribution in [3.8, 4) is 10.4 Å². The van der Waals surface area contributed by atoms with E-state index in [0.717, 1.165) is 34.0 Å². The zero-order valence-corrected chi connectivity index (χ0v) is 16.4. The Morgan fingerprint density at radius 3 is 2.52 bits per heavy atom. The summed E-state index contributed by atoms with van der Waals surface area (Å²) in [6, 6.07) is 16.8. The lowest BCUT2D eigenvalue weighted by Crippen LogP contribution is -2.31. The number of aromatic nitrogens is 1. The summed E-state index contributed by atoms with van der Waals surface area (Å²) in [5.74, 6) is -0.742. The van der Waals surface area contributed by atoms with Crippen LogP contribution >= 0.6 is 11.3 Å². The van der Waals surface area contributed by atoms with Gasteiger partial charge in [-0.25, -0.2) is 9.78 Å². The molecule has 0 radical (unpaired) electrons. The molecule has 0 spiro atoms. The van der Waals surface area contributed by atoms with Gasteiger partial charge in [-0.15, -0.1) is 11.3 Å². The quantitative estimate of drug-likeness (QED) is 0.605. The second-order valence-electron chi connectivity index (χ2n) is 6.96. The minimum Gasteiger partial charge on any atom is -0.480 e. The first-order valence-corrected chi connectivity index (χ1v) is 10.2. The van der Waals surface area contributed by atoms with Gasteiger partial charge in [0.2, 0.25) is 0 Å². The van der Waals surface area contributed by atoms with Crippen LogP contribution in [0.4, 0.5) is 5.69 Å². The number of carboxylic acids is 1. The number of carbonyl (C=O) groups excluding carboxylic acids is 1. The number of carbonyl (C=O) groups is 2. The minimum atomic E-state index is -0.937. The van der Waals surface area contributed by atoms with Crippen molar-refractivity contribution in [2.45, 2.75) is 24.9 Å². The molecule has 1 amide bonds. The third kappa shape index (κ3) is 4.70. The van der Waals surface area contributed by atoms with Gasteiger partial charge in [0.05, 0.1) is 16.0 Å². The summed E-state index contributed by atoms with van der Waals surface area (Å²) in [4.78, 5) is 28.4. The summed E-state index contributed by atoms with van der Waals surface area (Å²) in [7, 11) is 0. The topological polar surface area (TPSA) is 88.5 Å². The van der Waals surface area contributed by atoms with E-state index in [0.29, 0.717) is 11.5 Å². The van der Waals surface area contributed by atoms with E-state index < -0.39 is 5.97 Å². The van der Waals surface area contributed by atoms with Crippen molar-refractivity contribution in [2.75, 3.05) is 11.9 Å². The van der Waals surface area contributed by atoms with Gasteiger partial charge >= 0.3 is 5.97 Å². The fourth-order valence-electron chi connectivity index (χ4n) is 3.21. The highest BCUT2D eigenvalue weighted by Gasteiger charge is 2.33. The zero-order valence-electron chi connectivity index (χ0n) is 15.6. The van der Waals surface area contributed by atoms with Crippen LogP contribution in [0.15, 0.2) is 60.8 Å². The van der Waals surface area contributed by atoms with E-state index in [-0.39, 0.29) is 18.6 Å². The molecule has 3 aromatic rings. The number of nitrogens with zero attached hydrogens (tertiary/aromatic N) is 1. The van der Waals surface area contributed by atoms with Crippen LogP contribution in [0.2, 0.25) is 0 Å². The van der Waals surface area contributed by atoms with Gasteiger partial charge in [0.1, 0.15) is 6.61 Å². The summed E-state index contributed by atoms with van der Waals surface area (Å²) in [5, 5.41) is 12.6. The first-order valence-electron chi connectivity index (χ1n) is 9.34. The maximum Gasteiger partial charge on any atom is 0.329 e. The van der Waals surface area contributed by atoms with Gasteiger partial charge in [0.25, 0.3) is 5.91 Å². The average Bonchev–Trinajstić information content (AvgIpc) is 3.17. The van der Waals surface area contributed by atoms with Gasteiger partial charge in [0.15, 0.2) is 0 Å². The Balaban J connectivity index is 1.34. The minimum absolute atomic E-state index is 0.0101. The van der Waals surface area contributed by atoms with Crippen molar-refractivity contribution in [3.05, 3.63) is 71.4 Å². The monoisotopic (exact) mass is 408 g/mol. The Labute approximate surface area is 172 Å². The summed E-state index contributed by atoms with van der Waals surface area (Å²) in [6.45, 7) is -0.242. The lowest BCUT2D eigenvalue weighted by molar-refractivity contribution is -0.146. The summed E-state index contributed by atoms with van der Waals surface area (Å²) < 4.78 is 5.30. The first-order chi connectivity index (χ1) is 14.1. The molecule has 1 heterocycles. The number of anilines is 1. The lowest BCUT2D eigenvalue weighted by atomic mass is 9.83. The number of benzene rings is 2. The number of amides is 1. The first kappa shape index (κ1) is 19.3. The van der Waals surface area contributed by atoms with Crippen LogP contribution in [0, 0.1) is 0 Å². The van der Waals surface area contributed by atoms with Gasteiger partial charge in [-0.2, -0.15) is 0 Å². The number of ether oxygens (including phenoxy) is 1. The normalized spacial score (nSPS) is 18.1. The molecule has 6 nitrogen and oxygen atoms in total. The van der Waals surface area contributed by atoms with Crippen LogP contribution in [0.5, 0.6) is 0 Å². The Morgan fingerprint density at radius 1 is 1.10 bits per heavy atom. The highest BCUT2D eigenvalue weighted by Crippen LogP contribution is 2.42. The van der Waals surface area contributed by atoms with Gasteiger partial charge in [-0.05, 0) is 42.7 Å². The van der Waals surface area contributed by atoms with Crippen LogP contribution in [-0.4, -0.2) is 34.7 Å². The van der Waals surface area contributed by atoms with E-state index in [4.69, 9.17) is 9.84 Å². The molecule has 148 valence electrons. The molecule has 0 saturated heterocycles. The van der Waals surface area contributed by atoms with E-state index in [1.807, 2.05) is 48.7 Å². The number of carboxylic acid groups (broad SMARTS) is 1. The standard InChI is InChI=1S/C22H20N2O4S/c25-20(26)13-28-18-10-16(11-18)22-23-12-19(29-22)14-6-8-17(9-7-14)24-21(27)15-4-2-1-3-5-15/h1-9,12,16,18H,10-11,13H2,(H,24,27)(H,25,26). The third-order valence-corrected chi connectivity index (χ3v) is 6.08. The van der Waals surface area contributed by atoms with Crippen LogP contribution in [-0.2, 0) is 9.53 Å². The second kappa shape index (κ2) is 8.55. The van der Waals surface area contributed by atoms with E-state index in [1.165, 1.54) is 0 Å². The number of aliphatic carboxylic acids is 1. The van der Waals surface area contributed by atoms with E-state index in [2.05, 4.69) is 10.3 Å². The number of thiazole rings is 1. The number of rotatable bonds is 7. The molecule has 1 fully saturated rings. The Hall–Kier alpha value is -3.03. The molecule has 4 rings (SSSR count). The third-order valence-electron chi connectivity index (χ3n) is 4.87. The summed E-state index contributed by atoms with van der Waals surface area (Å²) >= 11 is 1.64. The molecule has 0 unspecified atom stereocenters. The Morgan fingerprint density at radius 2 is 1.83 bits per heavy atom. The molecule has 2 aromatic carbocycles. The molecular formula is C22H20N2O4S. The second-order valence-corrected chi connectivity index (χ2v) is 8.02. The van der Waals surface area contributed by atoms with Gasteiger partial charge in [0, 0.05) is 23.4 Å². The molecule has 0 bridgehead atoms.